The lowest BCUT2D eigenvalue weighted by molar-refractivity contribution is 0.0987. The molecule has 23 heavy (non-hydrogen) atoms. The number of anilines is 1. The third-order valence-corrected chi connectivity index (χ3v) is 3.59. The number of carbonyl (C=O) groups is 1. The van der Waals surface area contributed by atoms with Gasteiger partial charge in [0.2, 0.25) is 0 Å². The lowest BCUT2D eigenvalue weighted by Gasteiger charge is -2.18. The molecule has 0 aliphatic rings. The number of ether oxygens (including phenoxy) is 1. The van der Waals surface area contributed by atoms with Gasteiger partial charge in [0.25, 0.3) is 5.91 Å². The van der Waals surface area contributed by atoms with Crippen molar-refractivity contribution in [1.82, 2.24) is 14.6 Å². The summed E-state index contributed by atoms with van der Waals surface area (Å²) < 4.78 is 20.0. The van der Waals surface area contributed by atoms with E-state index < -0.39 is 5.82 Å². The number of imidazole rings is 1. The van der Waals surface area contributed by atoms with Crippen LogP contribution in [0.15, 0.2) is 36.7 Å². The SMILES string of the molecule is COc1cc(N(C)C(=O)c2cc(C)c3nccn3n2)ccc1F. The van der Waals surface area contributed by atoms with Crippen molar-refractivity contribution in [1.29, 1.82) is 0 Å². The standard InChI is InChI=1S/C16H15FN4O2/c1-10-8-13(19-21-7-6-18-15(10)21)16(22)20(2)11-4-5-12(17)14(9-11)23-3/h4-9H,1-3H3. The molecule has 7 heteroatoms. The highest BCUT2D eigenvalue weighted by Gasteiger charge is 2.18. The number of methoxy groups -OCH3 is 1. The molecule has 2 heterocycles. The van der Waals surface area contributed by atoms with Crippen LogP contribution in [-0.2, 0) is 0 Å². The molecule has 0 spiro atoms. The number of amides is 1. The summed E-state index contributed by atoms with van der Waals surface area (Å²) in [6.07, 6.45) is 3.30. The number of nitrogens with zero attached hydrogens (tertiary/aromatic N) is 4. The number of rotatable bonds is 3. The number of fused-ring (bicyclic) bond motifs is 1. The van der Waals surface area contributed by atoms with Gasteiger partial charge < -0.3 is 9.64 Å². The molecule has 0 bridgehead atoms. The molecule has 2 aromatic heterocycles. The number of aryl methyl sites for hydroxylation is 1. The smallest absolute Gasteiger partial charge is 0.278 e. The Hall–Kier alpha value is -2.96. The van der Waals surface area contributed by atoms with Crippen LogP contribution in [0.4, 0.5) is 10.1 Å². The first kappa shape index (κ1) is 15.0. The van der Waals surface area contributed by atoms with Gasteiger partial charge in [-0.15, -0.1) is 0 Å². The Morgan fingerprint density at radius 2 is 2.13 bits per heavy atom. The molecule has 0 fully saturated rings. The van der Waals surface area contributed by atoms with E-state index in [1.807, 2.05) is 6.92 Å². The lowest BCUT2D eigenvalue weighted by atomic mass is 10.2. The molecule has 0 atom stereocenters. The average Bonchev–Trinajstić information content (AvgIpc) is 3.03. The Balaban J connectivity index is 1.97. The molecule has 0 saturated carbocycles. The summed E-state index contributed by atoms with van der Waals surface area (Å²) in [4.78, 5) is 18.2. The zero-order valence-corrected chi connectivity index (χ0v) is 12.9. The third-order valence-electron chi connectivity index (χ3n) is 3.59. The number of carbonyl (C=O) groups excluding carboxylic acids is 1. The van der Waals surface area contributed by atoms with Gasteiger partial charge in [0.15, 0.2) is 17.2 Å². The molecule has 0 saturated heterocycles. The van der Waals surface area contributed by atoms with Crippen molar-refractivity contribution >= 4 is 17.2 Å². The van der Waals surface area contributed by atoms with E-state index in [4.69, 9.17) is 4.74 Å². The summed E-state index contributed by atoms with van der Waals surface area (Å²) in [6, 6.07) is 5.92. The zero-order chi connectivity index (χ0) is 16.6. The van der Waals surface area contributed by atoms with Crippen molar-refractivity contribution in [2.24, 2.45) is 0 Å². The summed E-state index contributed by atoms with van der Waals surface area (Å²) in [5.74, 6) is -0.709. The van der Waals surface area contributed by atoms with Crippen LogP contribution in [0, 0.1) is 12.7 Å². The summed E-state index contributed by atoms with van der Waals surface area (Å²) >= 11 is 0. The number of halogens is 1. The fourth-order valence-corrected chi connectivity index (χ4v) is 2.33. The van der Waals surface area contributed by atoms with Gasteiger partial charge >= 0.3 is 0 Å². The Bertz CT molecular complexity index is 891. The molecule has 1 amide bonds. The van der Waals surface area contributed by atoms with Crippen molar-refractivity contribution in [3.8, 4) is 5.75 Å². The molecule has 118 valence electrons. The first-order valence-electron chi connectivity index (χ1n) is 6.94. The Morgan fingerprint density at radius 1 is 1.35 bits per heavy atom. The van der Waals surface area contributed by atoms with Crippen molar-refractivity contribution in [2.75, 3.05) is 19.1 Å². The van der Waals surface area contributed by atoms with Crippen molar-refractivity contribution in [3.63, 3.8) is 0 Å². The van der Waals surface area contributed by atoms with E-state index in [0.717, 1.165) is 5.56 Å². The first-order chi connectivity index (χ1) is 11.0. The van der Waals surface area contributed by atoms with Crippen LogP contribution in [-0.4, -0.2) is 34.7 Å². The molecule has 3 rings (SSSR count). The highest BCUT2D eigenvalue weighted by molar-refractivity contribution is 6.04. The van der Waals surface area contributed by atoms with Crippen LogP contribution in [0.1, 0.15) is 16.1 Å². The summed E-state index contributed by atoms with van der Waals surface area (Å²) in [7, 11) is 2.98. The van der Waals surface area contributed by atoms with E-state index >= 15 is 0 Å². The molecule has 6 nitrogen and oxygen atoms in total. The van der Waals surface area contributed by atoms with Crippen LogP contribution in [0.5, 0.6) is 5.75 Å². The van der Waals surface area contributed by atoms with Crippen molar-refractivity contribution < 1.29 is 13.9 Å². The first-order valence-corrected chi connectivity index (χ1v) is 6.94. The minimum Gasteiger partial charge on any atom is -0.494 e. The van der Waals surface area contributed by atoms with E-state index in [2.05, 4.69) is 10.1 Å². The second-order valence-corrected chi connectivity index (χ2v) is 5.09. The number of hydrogen-bond acceptors (Lipinski definition) is 4. The summed E-state index contributed by atoms with van der Waals surface area (Å²) in [5.41, 5.74) is 2.34. The van der Waals surface area contributed by atoms with E-state index in [1.54, 1.807) is 30.0 Å². The average molecular weight is 314 g/mol. The molecular weight excluding hydrogens is 299 g/mol. The molecule has 1 aromatic carbocycles. The second-order valence-electron chi connectivity index (χ2n) is 5.09. The van der Waals surface area contributed by atoms with Crippen LogP contribution in [0.2, 0.25) is 0 Å². The normalized spacial score (nSPS) is 10.8. The molecule has 0 radical (unpaired) electrons. The van der Waals surface area contributed by atoms with Gasteiger partial charge in [-0.05, 0) is 30.7 Å². The van der Waals surface area contributed by atoms with Crippen molar-refractivity contribution in [2.45, 2.75) is 6.92 Å². The van der Waals surface area contributed by atoms with Gasteiger partial charge in [-0.1, -0.05) is 0 Å². The highest BCUT2D eigenvalue weighted by atomic mass is 19.1. The van der Waals surface area contributed by atoms with Crippen molar-refractivity contribution in [3.05, 3.63) is 53.7 Å². The maximum atomic E-state index is 13.5. The predicted molar refractivity (Wildman–Crippen MR) is 83.4 cm³/mol. The quantitative estimate of drug-likeness (QED) is 0.745. The molecule has 0 unspecified atom stereocenters. The lowest BCUT2D eigenvalue weighted by Crippen LogP contribution is -2.27. The third kappa shape index (κ3) is 2.61. The zero-order valence-electron chi connectivity index (χ0n) is 12.9. The topological polar surface area (TPSA) is 59.7 Å². The molecular formula is C16H15FN4O2. The van der Waals surface area contributed by atoms with Crippen LogP contribution in [0.3, 0.4) is 0 Å². The molecule has 3 aromatic rings. The predicted octanol–water partition coefficient (Wildman–Crippen LogP) is 2.46. The van der Waals surface area contributed by atoms with E-state index in [0.29, 0.717) is 11.3 Å². The largest absolute Gasteiger partial charge is 0.494 e. The number of hydrogen-bond donors (Lipinski definition) is 0. The molecule has 0 aliphatic carbocycles. The van der Waals surface area contributed by atoms with E-state index in [9.17, 15) is 9.18 Å². The molecule has 0 N–H and O–H groups in total. The van der Waals surface area contributed by atoms with Crippen LogP contribution < -0.4 is 9.64 Å². The highest BCUT2D eigenvalue weighted by Crippen LogP contribution is 2.24. The van der Waals surface area contributed by atoms with Gasteiger partial charge in [-0.2, -0.15) is 5.10 Å². The Morgan fingerprint density at radius 3 is 2.87 bits per heavy atom. The van der Waals surface area contributed by atoms with E-state index in [1.165, 1.54) is 30.2 Å². The number of benzene rings is 1. The van der Waals surface area contributed by atoms with Gasteiger partial charge in [0, 0.05) is 31.2 Å². The van der Waals surface area contributed by atoms with Crippen LogP contribution in [0.25, 0.3) is 5.65 Å². The monoisotopic (exact) mass is 314 g/mol. The minimum atomic E-state index is -0.481. The minimum absolute atomic E-state index is 0.0800. The maximum absolute atomic E-state index is 13.5. The van der Waals surface area contributed by atoms with Gasteiger partial charge in [-0.25, -0.2) is 13.9 Å². The Labute approximate surface area is 132 Å². The second kappa shape index (κ2) is 5.68. The fraction of sp³-hybridized carbons (Fsp3) is 0.188. The summed E-state index contributed by atoms with van der Waals surface area (Å²) in [6.45, 7) is 1.86. The van der Waals surface area contributed by atoms with Crippen LogP contribution >= 0.6 is 0 Å². The van der Waals surface area contributed by atoms with Gasteiger partial charge in [0.05, 0.1) is 7.11 Å². The van der Waals surface area contributed by atoms with Gasteiger partial charge in [-0.3, -0.25) is 4.79 Å². The van der Waals surface area contributed by atoms with E-state index in [-0.39, 0.29) is 17.4 Å². The van der Waals surface area contributed by atoms with Gasteiger partial charge in [0.1, 0.15) is 5.69 Å². The fourth-order valence-electron chi connectivity index (χ4n) is 2.33. The maximum Gasteiger partial charge on any atom is 0.278 e. The number of aromatic nitrogens is 3. The summed E-state index contributed by atoms with van der Waals surface area (Å²) in [5, 5.41) is 4.26. The molecule has 0 aliphatic heterocycles. The Kier molecular flexibility index (Phi) is 3.69.